The Morgan fingerprint density at radius 1 is 1.04 bits per heavy atom. The number of rotatable bonds is 3. The maximum Gasteiger partial charge on any atom is 0.279 e. The maximum atomic E-state index is 13.4. The molecule has 0 aliphatic rings. The van der Waals surface area contributed by atoms with Crippen LogP contribution in [0.25, 0.3) is 10.8 Å². The van der Waals surface area contributed by atoms with Gasteiger partial charge in [0.25, 0.3) is 11.5 Å². The number of anilines is 1. The van der Waals surface area contributed by atoms with Crippen molar-refractivity contribution in [2.24, 2.45) is 7.05 Å². The minimum absolute atomic E-state index is 0.0496. The lowest BCUT2D eigenvalue weighted by Gasteiger charge is -2.28. The fourth-order valence-electron chi connectivity index (χ4n) is 3.03. The van der Waals surface area contributed by atoms with Crippen molar-refractivity contribution in [2.75, 3.05) is 4.90 Å². The lowest BCUT2D eigenvalue weighted by molar-refractivity contribution is 0.0975. The van der Waals surface area contributed by atoms with Gasteiger partial charge in [0.05, 0.1) is 5.39 Å². The van der Waals surface area contributed by atoms with Crippen molar-refractivity contribution >= 4 is 22.4 Å². The van der Waals surface area contributed by atoms with Gasteiger partial charge in [0.1, 0.15) is 0 Å². The van der Waals surface area contributed by atoms with Crippen molar-refractivity contribution < 1.29 is 4.79 Å². The average molecular weight is 335 g/mol. The van der Waals surface area contributed by atoms with E-state index < -0.39 is 0 Å². The lowest BCUT2D eigenvalue weighted by Crippen LogP contribution is -2.39. The SMILES string of the molecule is Cc1ccccc1N(C(=O)c1nn(C)c(=O)c2ccccc12)C(C)C. The van der Waals surface area contributed by atoms with Gasteiger partial charge in [-0.3, -0.25) is 9.59 Å². The number of nitrogens with zero attached hydrogens (tertiary/aromatic N) is 3. The molecule has 0 atom stereocenters. The average Bonchev–Trinajstić information content (AvgIpc) is 2.59. The van der Waals surface area contributed by atoms with Gasteiger partial charge in [-0.05, 0) is 38.5 Å². The van der Waals surface area contributed by atoms with Gasteiger partial charge in [0.15, 0.2) is 5.69 Å². The maximum absolute atomic E-state index is 13.4. The van der Waals surface area contributed by atoms with E-state index in [1.807, 2.05) is 51.1 Å². The van der Waals surface area contributed by atoms with Crippen LogP contribution in [0.5, 0.6) is 0 Å². The van der Waals surface area contributed by atoms with E-state index in [4.69, 9.17) is 0 Å². The third-order valence-corrected chi connectivity index (χ3v) is 4.27. The summed E-state index contributed by atoms with van der Waals surface area (Å²) < 4.78 is 1.23. The van der Waals surface area contributed by atoms with Crippen molar-refractivity contribution in [1.82, 2.24) is 9.78 Å². The summed E-state index contributed by atoms with van der Waals surface area (Å²) in [5.74, 6) is -0.212. The molecule has 5 heteroatoms. The van der Waals surface area contributed by atoms with Crippen LogP contribution >= 0.6 is 0 Å². The van der Waals surface area contributed by atoms with E-state index in [1.165, 1.54) is 4.68 Å². The highest BCUT2D eigenvalue weighted by molar-refractivity contribution is 6.12. The molecule has 1 heterocycles. The fourth-order valence-corrected chi connectivity index (χ4v) is 3.03. The van der Waals surface area contributed by atoms with Crippen molar-refractivity contribution in [3.63, 3.8) is 0 Å². The fraction of sp³-hybridized carbons (Fsp3) is 0.250. The zero-order chi connectivity index (χ0) is 18.1. The Hall–Kier alpha value is -2.95. The first-order chi connectivity index (χ1) is 11.9. The second-order valence-electron chi connectivity index (χ2n) is 6.38. The van der Waals surface area contributed by atoms with E-state index in [1.54, 1.807) is 30.1 Å². The van der Waals surface area contributed by atoms with Crippen molar-refractivity contribution in [3.8, 4) is 0 Å². The second kappa shape index (κ2) is 6.51. The second-order valence-corrected chi connectivity index (χ2v) is 6.38. The number of para-hydroxylation sites is 1. The molecule has 0 N–H and O–H groups in total. The van der Waals surface area contributed by atoms with Crippen LogP contribution in [0.15, 0.2) is 53.3 Å². The third-order valence-electron chi connectivity index (χ3n) is 4.27. The summed E-state index contributed by atoms with van der Waals surface area (Å²) in [6.07, 6.45) is 0. The van der Waals surface area contributed by atoms with E-state index in [0.717, 1.165) is 11.3 Å². The number of hydrogen-bond donors (Lipinski definition) is 0. The van der Waals surface area contributed by atoms with Crippen LogP contribution in [-0.4, -0.2) is 21.7 Å². The van der Waals surface area contributed by atoms with Crippen molar-refractivity contribution in [1.29, 1.82) is 0 Å². The topological polar surface area (TPSA) is 55.2 Å². The van der Waals surface area contributed by atoms with E-state index in [9.17, 15) is 9.59 Å². The summed E-state index contributed by atoms with van der Waals surface area (Å²) in [7, 11) is 1.57. The molecule has 0 spiro atoms. The van der Waals surface area contributed by atoms with Gasteiger partial charge in [0, 0.05) is 24.2 Å². The number of carbonyl (C=O) groups excluding carboxylic acids is 1. The molecular formula is C20H21N3O2. The first-order valence-corrected chi connectivity index (χ1v) is 8.27. The minimum Gasteiger partial charge on any atom is -0.304 e. The minimum atomic E-state index is -0.212. The van der Waals surface area contributed by atoms with Gasteiger partial charge in [-0.25, -0.2) is 4.68 Å². The summed E-state index contributed by atoms with van der Waals surface area (Å²) in [6.45, 7) is 5.91. The number of aryl methyl sites for hydroxylation is 2. The van der Waals surface area contributed by atoms with Crippen LogP contribution in [0.1, 0.15) is 29.9 Å². The number of hydrogen-bond acceptors (Lipinski definition) is 3. The molecule has 1 aromatic heterocycles. The van der Waals surface area contributed by atoms with Crippen LogP contribution in [-0.2, 0) is 7.05 Å². The van der Waals surface area contributed by atoms with Crippen LogP contribution in [0.3, 0.4) is 0 Å². The predicted octanol–water partition coefficient (Wildman–Crippen LogP) is 3.30. The molecule has 128 valence electrons. The Bertz CT molecular complexity index is 1010. The zero-order valence-electron chi connectivity index (χ0n) is 14.9. The third kappa shape index (κ3) is 2.93. The number of benzene rings is 2. The van der Waals surface area contributed by atoms with Gasteiger partial charge in [-0.15, -0.1) is 0 Å². The summed E-state index contributed by atoms with van der Waals surface area (Å²) in [4.78, 5) is 27.4. The molecule has 0 unspecified atom stereocenters. The molecule has 3 rings (SSSR count). The lowest BCUT2D eigenvalue weighted by atomic mass is 10.1. The molecule has 2 aromatic carbocycles. The van der Waals surface area contributed by atoms with E-state index in [-0.39, 0.29) is 23.2 Å². The summed E-state index contributed by atoms with van der Waals surface area (Å²) in [5, 5.41) is 5.35. The van der Waals surface area contributed by atoms with E-state index >= 15 is 0 Å². The molecule has 0 aliphatic carbocycles. The molecule has 0 bridgehead atoms. The van der Waals surface area contributed by atoms with Crippen molar-refractivity contribution in [2.45, 2.75) is 26.8 Å². The van der Waals surface area contributed by atoms with Gasteiger partial charge in [-0.1, -0.05) is 36.4 Å². The smallest absolute Gasteiger partial charge is 0.279 e. The molecule has 3 aromatic rings. The highest BCUT2D eigenvalue weighted by Crippen LogP contribution is 2.25. The van der Waals surface area contributed by atoms with Gasteiger partial charge in [0.2, 0.25) is 0 Å². The van der Waals surface area contributed by atoms with Gasteiger partial charge >= 0.3 is 0 Å². The van der Waals surface area contributed by atoms with E-state index in [0.29, 0.717) is 10.8 Å². The van der Waals surface area contributed by atoms with Crippen LogP contribution < -0.4 is 10.5 Å². The normalized spacial score (nSPS) is 11.1. The molecule has 0 saturated carbocycles. The summed E-state index contributed by atoms with van der Waals surface area (Å²) in [6, 6.07) is 14.8. The Morgan fingerprint density at radius 2 is 1.64 bits per heavy atom. The predicted molar refractivity (Wildman–Crippen MR) is 100 cm³/mol. The molecule has 0 saturated heterocycles. The molecule has 0 radical (unpaired) electrons. The molecule has 25 heavy (non-hydrogen) atoms. The number of carbonyl (C=O) groups is 1. The molecule has 0 fully saturated rings. The Labute approximate surface area is 146 Å². The van der Waals surface area contributed by atoms with E-state index in [2.05, 4.69) is 5.10 Å². The Kier molecular flexibility index (Phi) is 4.40. The molecule has 0 aliphatic heterocycles. The largest absolute Gasteiger partial charge is 0.304 e. The molecule has 5 nitrogen and oxygen atoms in total. The molecule has 1 amide bonds. The number of amides is 1. The van der Waals surface area contributed by atoms with Gasteiger partial charge in [-0.2, -0.15) is 5.10 Å². The molecular weight excluding hydrogens is 314 g/mol. The number of fused-ring (bicyclic) bond motifs is 1. The van der Waals surface area contributed by atoms with Crippen LogP contribution in [0.4, 0.5) is 5.69 Å². The zero-order valence-corrected chi connectivity index (χ0v) is 14.9. The monoisotopic (exact) mass is 335 g/mol. The highest BCUT2D eigenvalue weighted by atomic mass is 16.2. The van der Waals surface area contributed by atoms with Crippen LogP contribution in [0, 0.1) is 6.92 Å². The summed E-state index contributed by atoms with van der Waals surface area (Å²) >= 11 is 0. The Morgan fingerprint density at radius 3 is 2.28 bits per heavy atom. The first-order valence-electron chi connectivity index (χ1n) is 8.27. The number of aromatic nitrogens is 2. The summed E-state index contributed by atoms with van der Waals surface area (Å²) in [5.41, 5.74) is 1.94. The van der Waals surface area contributed by atoms with Gasteiger partial charge < -0.3 is 4.90 Å². The standard InChI is InChI=1S/C20H21N3O2/c1-13(2)23(17-12-8-5-9-14(17)3)20(25)18-15-10-6-7-11-16(15)19(24)22(4)21-18/h5-13H,1-4H3. The quantitative estimate of drug-likeness (QED) is 0.738. The van der Waals surface area contributed by atoms with Crippen LogP contribution in [0.2, 0.25) is 0 Å². The van der Waals surface area contributed by atoms with Crippen molar-refractivity contribution in [3.05, 3.63) is 70.1 Å². The highest BCUT2D eigenvalue weighted by Gasteiger charge is 2.25. The Balaban J connectivity index is 2.23. The first kappa shape index (κ1) is 16.9.